The molecule has 0 aliphatic carbocycles. The van der Waals surface area contributed by atoms with Crippen LogP contribution in [0.3, 0.4) is 0 Å². The minimum Gasteiger partial charge on any atom is -0.325 e. The number of rotatable bonds is 7. The van der Waals surface area contributed by atoms with Gasteiger partial charge in [0.05, 0.1) is 5.75 Å². The molecule has 1 N–H and O–H groups in total. The number of thiophene rings is 1. The van der Waals surface area contributed by atoms with Crippen LogP contribution in [0.4, 0.5) is 5.69 Å². The summed E-state index contributed by atoms with van der Waals surface area (Å²) in [5.74, 6) is 1.07. The number of benzene rings is 2. The topological polar surface area (TPSA) is 59.8 Å². The van der Waals surface area contributed by atoms with Crippen LogP contribution in [-0.2, 0) is 11.2 Å². The van der Waals surface area contributed by atoms with Gasteiger partial charge in [-0.25, -0.2) is 0 Å². The third-order valence-corrected chi connectivity index (χ3v) is 6.71. The van der Waals surface area contributed by atoms with Gasteiger partial charge in [-0.05, 0) is 61.5 Å². The van der Waals surface area contributed by atoms with Crippen LogP contribution in [0.1, 0.15) is 27.4 Å². The Morgan fingerprint density at radius 2 is 1.81 bits per heavy atom. The second kappa shape index (κ2) is 9.49. The molecule has 2 aromatic carbocycles. The molecule has 0 saturated carbocycles. The third kappa shape index (κ3) is 5.24. The van der Waals surface area contributed by atoms with E-state index in [0.717, 1.165) is 28.3 Å². The molecule has 4 rings (SSSR count). The monoisotopic (exact) mass is 448 g/mol. The van der Waals surface area contributed by atoms with E-state index in [2.05, 4.69) is 62.7 Å². The zero-order valence-corrected chi connectivity index (χ0v) is 19.4. The molecule has 2 heterocycles. The fourth-order valence-corrected chi connectivity index (χ4v) is 4.69. The highest BCUT2D eigenvalue weighted by Gasteiger charge is 2.17. The fraction of sp³-hybridized carbons (Fsp3) is 0.208. The average molecular weight is 449 g/mol. The van der Waals surface area contributed by atoms with Crippen LogP contribution in [0.5, 0.6) is 0 Å². The van der Waals surface area contributed by atoms with Crippen LogP contribution in [0, 0.1) is 20.8 Å². The van der Waals surface area contributed by atoms with Crippen molar-refractivity contribution in [2.45, 2.75) is 32.3 Å². The first-order valence-electron chi connectivity index (χ1n) is 10.0. The molecule has 0 fully saturated rings. The summed E-state index contributed by atoms with van der Waals surface area (Å²) < 4.78 is 2.05. The summed E-state index contributed by atoms with van der Waals surface area (Å²) in [6.07, 6.45) is 0.702. The highest BCUT2D eigenvalue weighted by molar-refractivity contribution is 7.99. The number of aromatic nitrogens is 3. The molecule has 158 valence electrons. The molecule has 0 spiro atoms. The molecule has 1 amide bonds. The van der Waals surface area contributed by atoms with Gasteiger partial charge in [0.2, 0.25) is 5.91 Å². The molecule has 7 heteroatoms. The van der Waals surface area contributed by atoms with Gasteiger partial charge in [0, 0.05) is 22.7 Å². The van der Waals surface area contributed by atoms with Crippen LogP contribution in [0.25, 0.3) is 5.69 Å². The number of nitrogens with zero attached hydrogens (tertiary/aromatic N) is 3. The first-order chi connectivity index (χ1) is 15.0. The van der Waals surface area contributed by atoms with Gasteiger partial charge in [-0.2, -0.15) is 0 Å². The summed E-state index contributed by atoms with van der Waals surface area (Å²) in [4.78, 5) is 13.8. The van der Waals surface area contributed by atoms with Gasteiger partial charge in [-0.15, -0.1) is 21.5 Å². The Balaban J connectivity index is 1.54. The number of aryl methyl sites for hydroxylation is 3. The number of nitrogens with one attached hydrogen (secondary N) is 1. The lowest BCUT2D eigenvalue weighted by molar-refractivity contribution is -0.113. The Hall–Kier alpha value is -2.90. The van der Waals surface area contributed by atoms with Crippen molar-refractivity contribution < 1.29 is 4.79 Å². The molecule has 0 unspecified atom stereocenters. The number of amides is 1. The number of anilines is 1. The lowest BCUT2D eigenvalue weighted by atomic mass is 10.1. The smallest absolute Gasteiger partial charge is 0.234 e. The number of carbonyl (C=O) groups is 1. The molecule has 0 aliphatic rings. The quantitative estimate of drug-likeness (QED) is 0.375. The number of carbonyl (C=O) groups excluding carboxylic acids is 1. The van der Waals surface area contributed by atoms with Crippen molar-refractivity contribution in [3.63, 3.8) is 0 Å². The molecular weight excluding hydrogens is 424 g/mol. The summed E-state index contributed by atoms with van der Waals surface area (Å²) in [6, 6.07) is 18.5. The molecule has 31 heavy (non-hydrogen) atoms. The van der Waals surface area contributed by atoms with Crippen molar-refractivity contribution in [3.8, 4) is 5.69 Å². The molecule has 0 bridgehead atoms. The summed E-state index contributed by atoms with van der Waals surface area (Å²) in [6.45, 7) is 6.08. The summed E-state index contributed by atoms with van der Waals surface area (Å²) >= 11 is 3.10. The highest BCUT2D eigenvalue weighted by Crippen LogP contribution is 2.25. The van der Waals surface area contributed by atoms with Gasteiger partial charge in [-0.3, -0.25) is 9.36 Å². The number of thioether (sulfide) groups is 1. The summed E-state index contributed by atoms with van der Waals surface area (Å²) in [7, 11) is 0. The largest absolute Gasteiger partial charge is 0.325 e. The van der Waals surface area contributed by atoms with E-state index in [-0.39, 0.29) is 11.7 Å². The van der Waals surface area contributed by atoms with E-state index in [9.17, 15) is 4.79 Å². The average Bonchev–Trinajstić information content (AvgIpc) is 3.40. The minimum absolute atomic E-state index is 0.0584. The Kier molecular flexibility index (Phi) is 6.53. The maximum atomic E-state index is 12.6. The van der Waals surface area contributed by atoms with Gasteiger partial charge >= 0.3 is 0 Å². The van der Waals surface area contributed by atoms with Crippen molar-refractivity contribution in [1.29, 1.82) is 0 Å². The maximum absolute atomic E-state index is 12.6. The molecule has 2 aromatic heterocycles. The van der Waals surface area contributed by atoms with Crippen LogP contribution in [-0.4, -0.2) is 26.4 Å². The van der Waals surface area contributed by atoms with Crippen LogP contribution in [0.2, 0.25) is 0 Å². The SMILES string of the molecule is Cc1ccc(-n2c(Cc3cccs3)nnc2SCC(=O)Nc2cc(C)ccc2C)cc1. The standard InChI is InChI=1S/C24H24N4OS2/c1-16-7-10-19(11-8-16)28-22(14-20-5-4-12-30-20)26-27-24(28)31-15-23(29)25-21-13-17(2)6-9-18(21)3/h4-13H,14-15H2,1-3H3,(H,25,29). The molecule has 5 nitrogen and oxygen atoms in total. The summed E-state index contributed by atoms with van der Waals surface area (Å²) in [5.41, 5.74) is 5.21. The second-order valence-corrected chi connectivity index (χ2v) is 9.46. The molecular formula is C24H24N4OS2. The lowest BCUT2D eigenvalue weighted by Gasteiger charge is -2.11. The maximum Gasteiger partial charge on any atom is 0.234 e. The van der Waals surface area contributed by atoms with Crippen LogP contribution in [0.15, 0.2) is 65.1 Å². The minimum atomic E-state index is -0.0584. The van der Waals surface area contributed by atoms with E-state index in [1.807, 2.05) is 38.1 Å². The van der Waals surface area contributed by atoms with E-state index >= 15 is 0 Å². The van der Waals surface area contributed by atoms with E-state index in [1.165, 1.54) is 22.2 Å². The fourth-order valence-electron chi connectivity index (χ4n) is 3.22. The zero-order valence-electron chi connectivity index (χ0n) is 17.8. The molecule has 0 radical (unpaired) electrons. The number of hydrogen-bond donors (Lipinski definition) is 1. The Morgan fingerprint density at radius 1 is 1.03 bits per heavy atom. The predicted molar refractivity (Wildman–Crippen MR) is 128 cm³/mol. The normalized spacial score (nSPS) is 10.9. The van der Waals surface area contributed by atoms with E-state index in [4.69, 9.17) is 0 Å². The first-order valence-corrected chi connectivity index (χ1v) is 11.9. The van der Waals surface area contributed by atoms with Crippen molar-refractivity contribution in [1.82, 2.24) is 14.8 Å². The predicted octanol–water partition coefficient (Wildman–Crippen LogP) is 5.58. The molecule has 0 atom stereocenters. The van der Waals surface area contributed by atoms with Crippen LogP contribution >= 0.6 is 23.1 Å². The Labute approximate surface area is 190 Å². The Morgan fingerprint density at radius 3 is 2.55 bits per heavy atom. The summed E-state index contributed by atoms with van der Waals surface area (Å²) in [5, 5.41) is 14.6. The van der Waals surface area contributed by atoms with E-state index in [1.54, 1.807) is 11.3 Å². The van der Waals surface area contributed by atoms with Crippen molar-refractivity contribution in [2.24, 2.45) is 0 Å². The third-order valence-electron chi connectivity index (χ3n) is 4.90. The van der Waals surface area contributed by atoms with E-state index < -0.39 is 0 Å². The van der Waals surface area contributed by atoms with Gasteiger partial charge < -0.3 is 5.32 Å². The highest BCUT2D eigenvalue weighted by atomic mass is 32.2. The zero-order chi connectivity index (χ0) is 21.8. The molecule has 0 aliphatic heterocycles. The number of hydrogen-bond acceptors (Lipinski definition) is 5. The van der Waals surface area contributed by atoms with Crippen molar-refractivity contribution >= 4 is 34.7 Å². The van der Waals surface area contributed by atoms with Gasteiger partial charge in [0.25, 0.3) is 0 Å². The van der Waals surface area contributed by atoms with E-state index in [0.29, 0.717) is 11.6 Å². The van der Waals surface area contributed by atoms with Crippen LogP contribution < -0.4 is 5.32 Å². The van der Waals surface area contributed by atoms with Crippen molar-refractivity contribution in [3.05, 3.63) is 87.4 Å². The lowest BCUT2D eigenvalue weighted by Crippen LogP contribution is -2.15. The second-order valence-electron chi connectivity index (χ2n) is 7.48. The Bertz CT molecular complexity index is 1180. The molecule has 4 aromatic rings. The first kappa shape index (κ1) is 21.3. The molecule has 0 saturated heterocycles. The van der Waals surface area contributed by atoms with Gasteiger partial charge in [0.15, 0.2) is 5.16 Å². The van der Waals surface area contributed by atoms with Gasteiger partial charge in [-0.1, -0.05) is 47.7 Å². The van der Waals surface area contributed by atoms with Crippen molar-refractivity contribution in [2.75, 3.05) is 11.1 Å². The van der Waals surface area contributed by atoms with Gasteiger partial charge in [0.1, 0.15) is 5.82 Å².